The predicted molar refractivity (Wildman–Crippen MR) is 118 cm³/mol. The summed E-state index contributed by atoms with van der Waals surface area (Å²) < 4.78 is 32.9. The van der Waals surface area contributed by atoms with Crippen molar-refractivity contribution in [3.8, 4) is 17.6 Å². The molecule has 0 aliphatic carbocycles. The summed E-state index contributed by atoms with van der Waals surface area (Å²) in [5, 5.41) is 19.6. The van der Waals surface area contributed by atoms with Gasteiger partial charge in [0, 0.05) is 43.9 Å². The van der Waals surface area contributed by atoms with E-state index in [-0.39, 0.29) is 10.6 Å². The Kier molecular flexibility index (Phi) is 7.33. The fourth-order valence-electron chi connectivity index (χ4n) is 3.63. The topological polar surface area (TPSA) is 93.9 Å². The Balaban J connectivity index is 1.70. The zero-order valence-corrected chi connectivity index (χ0v) is 18.4. The lowest BCUT2D eigenvalue weighted by Gasteiger charge is -2.34. The SMILES string of the molecule is C=CCc1cc(OCC)cc(CN2CCN(S(=O)(=O)c3ccc(C#N)cc3)CC2)c1O. The molecule has 0 aromatic heterocycles. The fourth-order valence-corrected chi connectivity index (χ4v) is 5.05. The van der Waals surface area contributed by atoms with Crippen molar-refractivity contribution in [3.05, 3.63) is 65.7 Å². The van der Waals surface area contributed by atoms with Gasteiger partial charge in [-0.25, -0.2) is 8.42 Å². The zero-order chi connectivity index (χ0) is 22.4. The van der Waals surface area contributed by atoms with Crippen molar-refractivity contribution >= 4 is 10.0 Å². The average Bonchev–Trinajstić information content (AvgIpc) is 2.77. The minimum Gasteiger partial charge on any atom is -0.507 e. The maximum Gasteiger partial charge on any atom is 0.243 e. The molecule has 7 nitrogen and oxygen atoms in total. The van der Waals surface area contributed by atoms with E-state index in [2.05, 4.69) is 11.5 Å². The summed E-state index contributed by atoms with van der Waals surface area (Å²) in [7, 11) is -3.60. The van der Waals surface area contributed by atoms with Gasteiger partial charge in [0.15, 0.2) is 0 Å². The van der Waals surface area contributed by atoms with Crippen LogP contribution in [0.4, 0.5) is 0 Å². The summed E-state index contributed by atoms with van der Waals surface area (Å²) in [6, 6.07) is 11.6. The van der Waals surface area contributed by atoms with Crippen LogP contribution in [0.3, 0.4) is 0 Å². The van der Waals surface area contributed by atoms with Gasteiger partial charge >= 0.3 is 0 Å². The second-order valence-electron chi connectivity index (χ2n) is 7.33. The van der Waals surface area contributed by atoms with Gasteiger partial charge in [-0.15, -0.1) is 6.58 Å². The summed E-state index contributed by atoms with van der Waals surface area (Å²) >= 11 is 0. The van der Waals surface area contributed by atoms with Crippen LogP contribution in [-0.4, -0.2) is 55.5 Å². The number of rotatable bonds is 8. The summed E-state index contributed by atoms with van der Waals surface area (Å²) in [5.74, 6) is 0.935. The maximum atomic E-state index is 12.9. The lowest BCUT2D eigenvalue weighted by Crippen LogP contribution is -2.48. The van der Waals surface area contributed by atoms with Crippen LogP contribution in [0.2, 0.25) is 0 Å². The summed E-state index contributed by atoms with van der Waals surface area (Å²) in [4.78, 5) is 2.31. The zero-order valence-electron chi connectivity index (χ0n) is 17.6. The first-order chi connectivity index (χ1) is 14.9. The molecule has 164 valence electrons. The van der Waals surface area contributed by atoms with Crippen LogP contribution in [0.5, 0.6) is 11.5 Å². The van der Waals surface area contributed by atoms with Gasteiger partial charge in [0.1, 0.15) is 11.5 Å². The van der Waals surface area contributed by atoms with Crippen molar-refractivity contribution < 1.29 is 18.3 Å². The molecule has 1 saturated heterocycles. The van der Waals surface area contributed by atoms with E-state index in [4.69, 9.17) is 10.00 Å². The van der Waals surface area contributed by atoms with E-state index >= 15 is 0 Å². The Labute approximate surface area is 183 Å². The van der Waals surface area contributed by atoms with Gasteiger partial charge < -0.3 is 9.84 Å². The molecule has 2 aromatic carbocycles. The molecule has 2 aromatic rings. The second-order valence-corrected chi connectivity index (χ2v) is 9.27. The first-order valence-electron chi connectivity index (χ1n) is 10.2. The second kappa shape index (κ2) is 9.96. The highest BCUT2D eigenvalue weighted by molar-refractivity contribution is 7.89. The molecule has 31 heavy (non-hydrogen) atoms. The van der Waals surface area contributed by atoms with Crippen molar-refractivity contribution in [2.75, 3.05) is 32.8 Å². The highest BCUT2D eigenvalue weighted by Gasteiger charge is 2.29. The molecule has 0 unspecified atom stereocenters. The number of aromatic hydroxyl groups is 1. The molecule has 1 aliphatic heterocycles. The molecule has 0 bridgehead atoms. The normalized spacial score (nSPS) is 15.4. The van der Waals surface area contributed by atoms with E-state index < -0.39 is 10.0 Å². The van der Waals surface area contributed by atoms with Crippen LogP contribution in [-0.2, 0) is 23.0 Å². The van der Waals surface area contributed by atoms with E-state index in [1.165, 1.54) is 28.6 Å². The Morgan fingerprint density at radius 1 is 1.16 bits per heavy atom. The molecular formula is C23H27N3O4S. The monoisotopic (exact) mass is 441 g/mol. The van der Waals surface area contributed by atoms with Crippen LogP contribution in [0, 0.1) is 11.3 Å². The number of benzene rings is 2. The third-order valence-corrected chi connectivity index (χ3v) is 7.18. The number of hydrogen-bond donors (Lipinski definition) is 1. The molecule has 0 spiro atoms. The van der Waals surface area contributed by atoms with Crippen LogP contribution >= 0.6 is 0 Å². The predicted octanol–water partition coefficient (Wildman–Crippen LogP) is 2.90. The van der Waals surface area contributed by atoms with E-state index in [1.807, 2.05) is 25.1 Å². The molecule has 0 amide bonds. The number of nitriles is 1. The number of allylic oxidation sites excluding steroid dienone is 1. The number of sulfonamides is 1. The third kappa shape index (κ3) is 5.25. The van der Waals surface area contributed by atoms with Crippen LogP contribution in [0.25, 0.3) is 0 Å². The van der Waals surface area contributed by atoms with E-state index in [1.54, 1.807) is 6.08 Å². The van der Waals surface area contributed by atoms with Crippen molar-refractivity contribution in [1.29, 1.82) is 5.26 Å². The molecule has 8 heteroatoms. The summed E-state index contributed by atoms with van der Waals surface area (Å²) in [5.41, 5.74) is 1.94. The number of ether oxygens (including phenoxy) is 1. The quantitative estimate of drug-likeness (QED) is 0.633. The van der Waals surface area contributed by atoms with Gasteiger partial charge in [-0.1, -0.05) is 6.08 Å². The first kappa shape index (κ1) is 22.8. The van der Waals surface area contributed by atoms with Gasteiger partial charge in [0.2, 0.25) is 10.0 Å². The van der Waals surface area contributed by atoms with E-state index in [0.29, 0.717) is 57.1 Å². The van der Waals surface area contributed by atoms with E-state index in [0.717, 1.165) is 11.1 Å². The molecule has 1 N–H and O–H groups in total. The molecule has 1 heterocycles. The maximum absolute atomic E-state index is 12.9. The van der Waals surface area contributed by atoms with Gasteiger partial charge in [-0.2, -0.15) is 9.57 Å². The fraction of sp³-hybridized carbons (Fsp3) is 0.348. The van der Waals surface area contributed by atoms with Gasteiger partial charge in [0.05, 0.1) is 23.1 Å². The minimum absolute atomic E-state index is 0.191. The Morgan fingerprint density at radius 3 is 2.39 bits per heavy atom. The smallest absolute Gasteiger partial charge is 0.243 e. The third-order valence-electron chi connectivity index (χ3n) is 5.26. The molecule has 0 atom stereocenters. The average molecular weight is 442 g/mol. The number of phenolic OH excluding ortho intramolecular Hbond substituents is 1. The number of nitrogens with zero attached hydrogens (tertiary/aromatic N) is 3. The lowest BCUT2D eigenvalue weighted by atomic mass is 10.0. The van der Waals surface area contributed by atoms with Crippen molar-refractivity contribution in [1.82, 2.24) is 9.21 Å². The number of phenols is 1. The first-order valence-corrected chi connectivity index (χ1v) is 11.6. The largest absolute Gasteiger partial charge is 0.507 e. The highest BCUT2D eigenvalue weighted by Crippen LogP contribution is 2.31. The summed E-state index contributed by atoms with van der Waals surface area (Å²) in [6.45, 7) is 8.49. The Hall–Kier alpha value is -2.86. The van der Waals surface area contributed by atoms with E-state index in [9.17, 15) is 13.5 Å². The number of hydrogen-bond acceptors (Lipinski definition) is 6. The van der Waals surface area contributed by atoms with Crippen LogP contribution in [0.15, 0.2) is 53.9 Å². The summed E-state index contributed by atoms with van der Waals surface area (Å²) in [6.07, 6.45) is 2.28. The van der Waals surface area contributed by atoms with Gasteiger partial charge in [-0.05, 0) is 49.7 Å². The molecular weight excluding hydrogens is 414 g/mol. The minimum atomic E-state index is -3.60. The Morgan fingerprint density at radius 2 is 1.81 bits per heavy atom. The lowest BCUT2D eigenvalue weighted by molar-refractivity contribution is 0.180. The van der Waals surface area contributed by atoms with Crippen molar-refractivity contribution in [2.45, 2.75) is 24.8 Å². The molecule has 0 saturated carbocycles. The molecule has 1 aliphatic rings. The highest BCUT2D eigenvalue weighted by atomic mass is 32.2. The molecule has 1 fully saturated rings. The Bertz CT molecular complexity index is 1070. The standard InChI is InChI=1S/C23H27N3O4S/c1-3-5-19-14-21(30-4-2)15-20(23(19)27)17-25-10-12-26(13-11-25)31(28,29)22-8-6-18(16-24)7-9-22/h3,6-9,14-15,27H,1,4-5,10-13,17H2,2H3. The van der Waals surface area contributed by atoms with Crippen molar-refractivity contribution in [3.63, 3.8) is 0 Å². The van der Waals surface area contributed by atoms with Crippen molar-refractivity contribution in [2.24, 2.45) is 0 Å². The molecule has 3 rings (SSSR count). The van der Waals surface area contributed by atoms with Gasteiger partial charge in [-0.3, -0.25) is 4.90 Å². The van der Waals surface area contributed by atoms with Crippen LogP contribution in [0.1, 0.15) is 23.6 Å². The van der Waals surface area contributed by atoms with Gasteiger partial charge in [0.25, 0.3) is 0 Å². The molecule has 0 radical (unpaired) electrons. The number of piperazine rings is 1. The van der Waals surface area contributed by atoms with Crippen LogP contribution < -0.4 is 4.74 Å².